The largest absolute Gasteiger partial charge is 0.463 e. The van der Waals surface area contributed by atoms with Crippen LogP contribution in [0.2, 0.25) is 10.0 Å². The zero-order chi connectivity index (χ0) is 22.9. The molecule has 2 aromatic rings. The molecule has 3 rings (SSSR count). The summed E-state index contributed by atoms with van der Waals surface area (Å²) in [6, 6.07) is 15.1. The molecular weight excluding hydrogens is 451 g/mol. The van der Waals surface area contributed by atoms with Crippen molar-refractivity contribution in [2.24, 2.45) is 5.16 Å². The second kappa shape index (κ2) is 12.2. The molecule has 1 aliphatic heterocycles. The minimum atomic E-state index is -0.812. The minimum Gasteiger partial charge on any atom is -0.463 e. The van der Waals surface area contributed by atoms with Crippen LogP contribution in [0, 0.1) is 0 Å². The minimum absolute atomic E-state index is 0.0388. The van der Waals surface area contributed by atoms with E-state index in [1.165, 1.54) is 0 Å². The predicted octanol–water partition coefficient (Wildman–Crippen LogP) is 4.69. The number of halogens is 2. The Hall–Kier alpha value is -2.12. The Morgan fingerprint density at radius 1 is 1.25 bits per heavy atom. The van der Waals surface area contributed by atoms with Crippen LogP contribution in [0.1, 0.15) is 37.3 Å². The molecule has 0 amide bonds. The van der Waals surface area contributed by atoms with E-state index in [1.807, 2.05) is 55.5 Å². The number of nitrogens with zero attached hydrogens (tertiary/aromatic N) is 2. The lowest BCUT2D eigenvalue weighted by Crippen LogP contribution is -2.39. The first kappa shape index (κ1) is 24.5. The lowest BCUT2D eigenvalue weighted by molar-refractivity contribution is -0.147. The van der Waals surface area contributed by atoms with Crippen LogP contribution in [0.5, 0.6) is 0 Å². The van der Waals surface area contributed by atoms with Gasteiger partial charge >= 0.3 is 5.97 Å². The number of ether oxygens (including phenoxy) is 1. The van der Waals surface area contributed by atoms with Gasteiger partial charge in [-0.1, -0.05) is 59.5 Å². The van der Waals surface area contributed by atoms with Gasteiger partial charge in [-0.2, -0.15) is 0 Å². The molecule has 0 aliphatic carbocycles. The van der Waals surface area contributed by atoms with Crippen LogP contribution >= 0.6 is 23.2 Å². The molecule has 8 heteroatoms. The third-order valence-electron chi connectivity index (χ3n) is 5.03. The van der Waals surface area contributed by atoms with E-state index in [9.17, 15) is 9.90 Å². The van der Waals surface area contributed by atoms with Crippen LogP contribution < -0.4 is 0 Å². The van der Waals surface area contributed by atoms with E-state index >= 15 is 0 Å². The zero-order valence-corrected chi connectivity index (χ0v) is 19.6. The number of esters is 1. The Labute approximate surface area is 198 Å². The molecule has 0 bridgehead atoms. The van der Waals surface area contributed by atoms with Crippen molar-refractivity contribution in [3.63, 3.8) is 0 Å². The number of rotatable bonds is 11. The van der Waals surface area contributed by atoms with Crippen LogP contribution in [0.25, 0.3) is 0 Å². The molecule has 1 aliphatic rings. The standard InChI is InChI=1S/C24H28Cl2N2O4/c1-2-4-24(30)31-16-21(29)14-28(13-17-5-3-6-20(26)11-17)15-22-12-23(27-32-22)18-7-9-19(25)10-8-18/h3,5-11,21-22,29H,2,4,12-16H2,1H3/t21-,22+/m0/s1. The molecule has 172 valence electrons. The van der Waals surface area contributed by atoms with Crippen molar-refractivity contribution in [1.82, 2.24) is 4.90 Å². The maximum atomic E-state index is 11.6. The summed E-state index contributed by atoms with van der Waals surface area (Å²) in [4.78, 5) is 19.4. The molecule has 0 saturated carbocycles. The van der Waals surface area contributed by atoms with Crippen molar-refractivity contribution in [2.75, 3.05) is 19.7 Å². The van der Waals surface area contributed by atoms with Gasteiger partial charge in [0, 0.05) is 42.5 Å². The molecule has 0 aromatic heterocycles. The number of aliphatic hydroxyl groups is 1. The molecule has 0 unspecified atom stereocenters. The number of carbonyl (C=O) groups is 1. The second-order valence-electron chi connectivity index (χ2n) is 7.89. The van der Waals surface area contributed by atoms with Gasteiger partial charge in [0.2, 0.25) is 0 Å². The van der Waals surface area contributed by atoms with Gasteiger partial charge in [-0.25, -0.2) is 0 Å². The first-order chi connectivity index (χ1) is 15.4. The molecule has 1 N–H and O–H groups in total. The Morgan fingerprint density at radius 2 is 2.03 bits per heavy atom. The molecule has 6 nitrogen and oxygen atoms in total. The average Bonchev–Trinajstić information content (AvgIpc) is 3.21. The smallest absolute Gasteiger partial charge is 0.305 e. The summed E-state index contributed by atoms with van der Waals surface area (Å²) < 4.78 is 5.17. The first-order valence-corrected chi connectivity index (χ1v) is 11.5. The zero-order valence-electron chi connectivity index (χ0n) is 18.0. The monoisotopic (exact) mass is 478 g/mol. The van der Waals surface area contributed by atoms with Crippen LogP contribution in [0.4, 0.5) is 0 Å². The number of benzene rings is 2. The number of hydrogen-bond donors (Lipinski definition) is 1. The van der Waals surface area contributed by atoms with Gasteiger partial charge < -0.3 is 14.7 Å². The Balaban J connectivity index is 1.60. The fourth-order valence-electron chi connectivity index (χ4n) is 3.54. The molecule has 2 aromatic carbocycles. The van der Waals surface area contributed by atoms with E-state index in [2.05, 4.69) is 10.1 Å². The van der Waals surface area contributed by atoms with E-state index in [0.717, 1.165) is 16.8 Å². The quantitative estimate of drug-likeness (QED) is 0.474. The second-order valence-corrected chi connectivity index (χ2v) is 8.76. The topological polar surface area (TPSA) is 71.4 Å². The van der Waals surface area contributed by atoms with Crippen molar-refractivity contribution in [2.45, 2.75) is 44.9 Å². The highest BCUT2D eigenvalue weighted by atomic mass is 35.5. The van der Waals surface area contributed by atoms with Gasteiger partial charge in [0.25, 0.3) is 0 Å². The maximum Gasteiger partial charge on any atom is 0.305 e. The van der Waals surface area contributed by atoms with E-state index in [1.54, 1.807) is 0 Å². The van der Waals surface area contributed by atoms with E-state index in [4.69, 9.17) is 32.8 Å². The Bertz CT molecular complexity index is 920. The van der Waals surface area contributed by atoms with Crippen molar-refractivity contribution in [1.29, 1.82) is 0 Å². The van der Waals surface area contributed by atoms with Crippen LogP contribution in [0.15, 0.2) is 53.7 Å². The third kappa shape index (κ3) is 7.78. The summed E-state index contributed by atoms with van der Waals surface area (Å²) in [5.74, 6) is -0.298. The van der Waals surface area contributed by atoms with Crippen molar-refractivity contribution in [3.8, 4) is 0 Å². The molecular formula is C24H28Cl2N2O4. The number of aliphatic hydroxyl groups excluding tert-OH is 1. The summed E-state index contributed by atoms with van der Waals surface area (Å²) in [7, 11) is 0. The van der Waals surface area contributed by atoms with E-state index in [0.29, 0.717) is 48.9 Å². The molecule has 0 spiro atoms. The normalized spacial score (nSPS) is 16.5. The summed E-state index contributed by atoms with van der Waals surface area (Å²) in [5, 5.41) is 16.0. The van der Waals surface area contributed by atoms with Gasteiger partial charge in [0.1, 0.15) is 18.8 Å². The highest BCUT2D eigenvalue weighted by molar-refractivity contribution is 6.31. The average molecular weight is 479 g/mol. The summed E-state index contributed by atoms with van der Waals surface area (Å²) in [6.45, 7) is 3.31. The van der Waals surface area contributed by atoms with Gasteiger partial charge in [0.15, 0.2) is 0 Å². The maximum absolute atomic E-state index is 11.6. The first-order valence-electron chi connectivity index (χ1n) is 10.7. The Morgan fingerprint density at radius 3 is 2.75 bits per heavy atom. The third-order valence-corrected chi connectivity index (χ3v) is 5.51. The number of carbonyl (C=O) groups excluding carboxylic acids is 1. The van der Waals surface area contributed by atoms with E-state index < -0.39 is 6.10 Å². The summed E-state index contributed by atoms with van der Waals surface area (Å²) in [5.41, 5.74) is 2.86. The van der Waals surface area contributed by atoms with Gasteiger partial charge in [-0.15, -0.1) is 0 Å². The van der Waals surface area contributed by atoms with Crippen molar-refractivity contribution < 1.29 is 19.5 Å². The number of hydrogen-bond acceptors (Lipinski definition) is 6. The molecule has 0 fully saturated rings. The number of oxime groups is 1. The highest BCUT2D eigenvalue weighted by Crippen LogP contribution is 2.21. The molecule has 0 radical (unpaired) electrons. The Kier molecular flexibility index (Phi) is 9.36. The van der Waals surface area contributed by atoms with Crippen LogP contribution in [-0.2, 0) is 20.9 Å². The van der Waals surface area contributed by atoms with Crippen LogP contribution in [-0.4, -0.2) is 53.6 Å². The fourth-order valence-corrected chi connectivity index (χ4v) is 3.88. The molecule has 32 heavy (non-hydrogen) atoms. The van der Waals surface area contributed by atoms with Crippen LogP contribution in [0.3, 0.4) is 0 Å². The van der Waals surface area contributed by atoms with Gasteiger partial charge in [-0.05, 0) is 41.8 Å². The lowest BCUT2D eigenvalue weighted by Gasteiger charge is -2.27. The van der Waals surface area contributed by atoms with Crippen molar-refractivity contribution in [3.05, 3.63) is 69.7 Å². The summed E-state index contributed by atoms with van der Waals surface area (Å²) in [6.07, 6.45) is 0.738. The molecule has 2 atom stereocenters. The van der Waals surface area contributed by atoms with Gasteiger partial charge in [-0.3, -0.25) is 9.69 Å². The SMILES string of the molecule is CCCC(=O)OC[C@@H](O)CN(Cc1cccc(Cl)c1)C[C@H]1CC(c2ccc(Cl)cc2)=NO1. The summed E-state index contributed by atoms with van der Waals surface area (Å²) >= 11 is 12.1. The van der Waals surface area contributed by atoms with Gasteiger partial charge in [0.05, 0.1) is 5.71 Å². The van der Waals surface area contributed by atoms with E-state index in [-0.39, 0.29) is 18.7 Å². The molecule has 0 saturated heterocycles. The molecule has 1 heterocycles. The highest BCUT2D eigenvalue weighted by Gasteiger charge is 2.26. The lowest BCUT2D eigenvalue weighted by atomic mass is 10.0. The predicted molar refractivity (Wildman–Crippen MR) is 126 cm³/mol. The van der Waals surface area contributed by atoms with Crippen molar-refractivity contribution >= 4 is 34.9 Å². The fraction of sp³-hybridized carbons (Fsp3) is 0.417.